The lowest BCUT2D eigenvalue weighted by atomic mass is 10.0. The van der Waals surface area contributed by atoms with E-state index in [4.69, 9.17) is 37.0 Å². The van der Waals surface area contributed by atoms with Crippen LogP contribution in [-0.2, 0) is 65.4 Å². The molecule has 5 atom stereocenters. The highest BCUT2D eigenvalue weighted by Crippen LogP contribution is 2.45. The molecule has 98 heavy (non-hydrogen) atoms. The first-order valence-corrected chi connectivity index (χ1v) is 43.7. The Hall–Kier alpha value is -1.94. The van der Waals surface area contributed by atoms with E-state index in [1.807, 2.05) is 0 Å². The molecule has 3 N–H and O–H groups in total. The van der Waals surface area contributed by atoms with Gasteiger partial charge in [-0.3, -0.25) is 37.3 Å². The van der Waals surface area contributed by atoms with Gasteiger partial charge in [-0.05, 0) is 49.4 Å². The molecule has 0 radical (unpaired) electrons. The highest BCUT2D eigenvalue weighted by molar-refractivity contribution is 7.47. The third-order valence-electron chi connectivity index (χ3n) is 18.3. The number of aliphatic hydroxyl groups is 1. The summed E-state index contributed by atoms with van der Waals surface area (Å²) in [4.78, 5) is 72.9. The minimum Gasteiger partial charge on any atom is -0.462 e. The standard InChI is InChI=1S/C79H154O17P2/c1-69(2)55-47-39-31-25-20-16-13-11-9-10-12-14-18-22-28-34-43-51-59-76(81)89-65-74(95-79(84)62-54-46-36-30-24-27-33-41-49-57-71(5)6)67-93-97(85,86)91-63-73(80)64-92-98(87,88)94-68-75(66-90-77(82)60-52-44-38-37-42-50-58-72(7)8)96-78(83)61-53-45-35-29-23-19-15-17-21-26-32-40-48-56-70(3)4/h69-75,80H,9-68H2,1-8H3,(H,85,86)(H,87,88)/t73-,74-,75-/m1/s1. The van der Waals surface area contributed by atoms with Crippen LogP contribution in [0.3, 0.4) is 0 Å². The summed E-state index contributed by atoms with van der Waals surface area (Å²) in [6, 6.07) is 0. The molecule has 0 aliphatic carbocycles. The summed E-state index contributed by atoms with van der Waals surface area (Å²) in [7, 11) is -9.92. The molecule has 0 aliphatic rings. The van der Waals surface area contributed by atoms with Crippen molar-refractivity contribution >= 4 is 39.5 Å². The highest BCUT2D eigenvalue weighted by Gasteiger charge is 2.30. The monoisotopic (exact) mass is 1440 g/mol. The summed E-state index contributed by atoms with van der Waals surface area (Å²) in [5.41, 5.74) is 0. The average Bonchev–Trinajstić information content (AvgIpc) is 1.08. The van der Waals surface area contributed by atoms with E-state index in [1.165, 1.54) is 199 Å². The van der Waals surface area contributed by atoms with Gasteiger partial charge in [0.1, 0.15) is 19.3 Å². The molecule has 0 aromatic carbocycles. The van der Waals surface area contributed by atoms with Crippen LogP contribution < -0.4 is 0 Å². The second-order valence-electron chi connectivity index (χ2n) is 30.4. The molecule has 17 nitrogen and oxygen atoms in total. The van der Waals surface area contributed by atoms with Crippen LogP contribution in [0.5, 0.6) is 0 Å². The number of hydrogen-bond acceptors (Lipinski definition) is 15. The maximum Gasteiger partial charge on any atom is 0.472 e. The van der Waals surface area contributed by atoms with E-state index in [0.717, 1.165) is 114 Å². The van der Waals surface area contributed by atoms with Crippen LogP contribution >= 0.6 is 15.6 Å². The Morgan fingerprint density at radius 3 is 0.633 bits per heavy atom. The Morgan fingerprint density at radius 1 is 0.255 bits per heavy atom. The van der Waals surface area contributed by atoms with Crippen molar-refractivity contribution in [2.45, 2.75) is 420 Å². The molecule has 0 aromatic rings. The average molecular weight is 1440 g/mol. The number of unbranched alkanes of at least 4 members (excludes halogenated alkanes) is 42. The molecule has 0 saturated carbocycles. The Bertz CT molecular complexity index is 1920. The predicted octanol–water partition coefficient (Wildman–Crippen LogP) is 23.2. The van der Waals surface area contributed by atoms with Crippen molar-refractivity contribution < 1.29 is 80.2 Å². The number of ether oxygens (including phenoxy) is 4. The zero-order chi connectivity index (χ0) is 72.4. The molecule has 0 amide bonds. The Labute approximate surface area is 600 Å². The van der Waals surface area contributed by atoms with Crippen molar-refractivity contribution in [2.75, 3.05) is 39.6 Å². The molecule has 0 saturated heterocycles. The molecule has 0 heterocycles. The van der Waals surface area contributed by atoms with E-state index < -0.39 is 97.5 Å². The summed E-state index contributed by atoms with van der Waals surface area (Å²) in [5.74, 6) is 0.905. The molecule has 0 fully saturated rings. The molecule has 0 aliphatic heterocycles. The Morgan fingerprint density at radius 2 is 0.429 bits per heavy atom. The van der Waals surface area contributed by atoms with Crippen molar-refractivity contribution in [3.63, 3.8) is 0 Å². The first-order valence-electron chi connectivity index (χ1n) is 40.7. The largest absolute Gasteiger partial charge is 0.472 e. The first kappa shape index (κ1) is 96.1. The van der Waals surface area contributed by atoms with Gasteiger partial charge in [0, 0.05) is 25.7 Å². The number of hydrogen-bond donors (Lipinski definition) is 3. The van der Waals surface area contributed by atoms with Gasteiger partial charge in [-0.1, -0.05) is 351 Å². The molecule has 582 valence electrons. The zero-order valence-electron chi connectivity index (χ0n) is 64.4. The summed E-state index contributed by atoms with van der Waals surface area (Å²) in [5, 5.41) is 10.6. The molecule has 0 rings (SSSR count). The number of phosphoric ester groups is 2. The third kappa shape index (κ3) is 72.4. The van der Waals surface area contributed by atoms with Crippen LogP contribution in [0.2, 0.25) is 0 Å². The maximum absolute atomic E-state index is 13.1. The quantitative estimate of drug-likeness (QED) is 0.0222. The lowest BCUT2D eigenvalue weighted by Crippen LogP contribution is -2.30. The van der Waals surface area contributed by atoms with Crippen molar-refractivity contribution in [2.24, 2.45) is 23.7 Å². The van der Waals surface area contributed by atoms with Crippen molar-refractivity contribution in [3.05, 3.63) is 0 Å². The molecule has 19 heteroatoms. The predicted molar refractivity (Wildman–Crippen MR) is 400 cm³/mol. The maximum atomic E-state index is 13.1. The molecule has 0 spiro atoms. The summed E-state index contributed by atoms with van der Waals surface area (Å²) in [6.07, 6.45) is 54.4. The van der Waals surface area contributed by atoms with E-state index in [-0.39, 0.29) is 25.7 Å². The van der Waals surface area contributed by atoms with Gasteiger partial charge in [-0.25, -0.2) is 9.13 Å². The second-order valence-corrected chi connectivity index (χ2v) is 33.3. The fourth-order valence-electron chi connectivity index (χ4n) is 12.1. The van der Waals surface area contributed by atoms with E-state index in [1.54, 1.807) is 0 Å². The van der Waals surface area contributed by atoms with Crippen LogP contribution in [0, 0.1) is 23.7 Å². The van der Waals surface area contributed by atoms with Crippen LogP contribution in [0.1, 0.15) is 402 Å². The Kier molecular flexibility index (Phi) is 66.8. The van der Waals surface area contributed by atoms with Crippen LogP contribution in [0.25, 0.3) is 0 Å². The van der Waals surface area contributed by atoms with E-state index in [2.05, 4.69) is 55.4 Å². The van der Waals surface area contributed by atoms with Crippen molar-refractivity contribution in [1.29, 1.82) is 0 Å². The molecular formula is C79H154O17P2. The highest BCUT2D eigenvalue weighted by atomic mass is 31.2. The molecule has 0 aromatic heterocycles. The summed E-state index contributed by atoms with van der Waals surface area (Å²) in [6.45, 7) is 14.2. The van der Waals surface area contributed by atoms with Gasteiger partial charge in [0.05, 0.1) is 26.4 Å². The molecule has 0 bridgehead atoms. The SMILES string of the molecule is CC(C)CCCCCCCCCCCCCCCCCCCCC(=O)OC[C@H](COP(=O)(O)OC[C@@H](O)COP(=O)(O)OC[C@@H](COC(=O)CCCCCCCCC(C)C)OC(=O)CCCCCCCCCCCCCCCC(C)C)OC(=O)CCCCCCCCCCCC(C)C. The zero-order valence-corrected chi connectivity index (χ0v) is 66.2. The number of phosphoric acid groups is 2. The number of carbonyl (C=O) groups is 4. The molecule has 2 unspecified atom stereocenters. The first-order chi connectivity index (χ1) is 47.1. The number of esters is 4. The number of carbonyl (C=O) groups excluding carboxylic acids is 4. The van der Waals surface area contributed by atoms with Crippen molar-refractivity contribution in [1.82, 2.24) is 0 Å². The third-order valence-corrected chi connectivity index (χ3v) is 20.2. The van der Waals surface area contributed by atoms with E-state index >= 15 is 0 Å². The van der Waals surface area contributed by atoms with Gasteiger partial charge in [0.15, 0.2) is 12.2 Å². The lowest BCUT2D eigenvalue weighted by molar-refractivity contribution is -0.161. The summed E-state index contributed by atoms with van der Waals surface area (Å²) >= 11 is 0. The number of rotatable bonds is 76. The van der Waals surface area contributed by atoms with Gasteiger partial charge in [0.2, 0.25) is 0 Å². The van der Waals surface area contributed by atoms with Crippen LogP contribution in [0.15, 0.2) is 0 Å². The minimum atomic E-state index is -4.96. The lowest BCUT2D eigenvalue weighted by Gasteiger charge is -2.21. The molecular weight excluding hydrogens is 1280 g/mol. The van der Waals surface area contributed by atoms with Crippen LogP contribution in [0.4, 0.5) is 0 Å². The van der Waals surface area contributed by atoms with E-state index in [0.29, 0.717) is 31.6 Å². The van der Waals surface area contributed by atoms with Gasteiger partial charge in [0.25, 0.3) is 0 Å². The Balaban J connectivity index is 5.16. The van der Waals surface area contributed by atoms with Crippen molar-refractivity contribution in [3.8, 4) is 0 Å². The van der Waals surface area contributed by atoms with Crippen LogP contribution in [-0.4, -0.2) is 96.7 Å². The van der Waals surface area contributed by atoms with Gasteiger partial charge < -0.3 is 33.8 Å². The minimum absolute atomic E-state index is 0.105. The van der Waals surface area contributed by atoms with Gasteiger partial charge in [-0.15, -0.1) is 0 Å². The number of aliphatic hydroxyl groups excluding tert-OH is 1. The van der Waals surface area contributed by atoms with Gasteiger partial charge in [-0.2, -0.15) is 0 Å². The fourth-order valence-corrected chi connectivity index (χ4v) is 13.7. The normalized spacial score (nSPS) is 14.1. The topological polar surface area (TPSA) is 237 Å². The fraction of sp³-hybridized carbons (Fsp3) is 0.949. The van der Waals surface area contributed by atoms with E-state index in [9.17, 15) is 43.2 Å². The summed E-state index contributed by atoms with van der Waals surface area (Å²) < 4.78 is 68.6. The second kappa shape index (κ2) is 68.2. The van der Waals surface area contributed by atoms with Gasteiger partial charge >= 0.3 is 39.5 Å². The smallest absolute Gasteiger partial charge is 0.462 e.